The van der Waals surface area contributed by atoms with E-state index in [0.717, 1.165) is 24.3 Å². The summed E-state index contributed by atoms with van der Waals surface area (Å²) in [5.41, 5.74) is -11.2. The lowest BCUT2D eigenvalue weighted by Crippen LogP contribution is -2.15. The molecule has 0 aliphatic heterocycles. The van der Waals surface area contributed by atoms with E-state index in [-0.39, 0.29) is 45.3 Å². The second kappa shape index (κ2) is 33.3. The molecule has 0 spiro atoms. The first-order chi connectivity index (χ1) is 51.2. The average Bonchev–Trinajstić information content (AvgIpc) is 0.807. The number of ether oxygens (including phenoxy) is 4. The smallest absolute Gasteiger partial charge is 0.339 e. The number of para-hydroxylation sites is 4. The molecule has 4 N–H and O–H groups in total. The fourth-order valence-electron chi connectivity index (χ4n) is 9.11. The number of aromatic hydroxyl groups is 4. The number of carbonyl (C=O) groups excluding carboxylic acids is 4. The highest BCUT2D eigenvalue weighted by Crippen LogP contribution is 2.32. The van der Waals surface area contributed by atoms with Crippen LogP contribution in [0.1, 0.15) is 108 Å². The van der Waals surface area contributed by atoms with Crippen molar-refractivity contribution in [3.8, 4) is 70.4 Å². The average molecular weight is 1520 g/mol. The largest absolute Gasteiger partial charge is 0.507 e. The van der Waals surface area contributed by atoms with Crippen molar-refractivity contribution in [3.05, 3.63) is 327 Å². The molecule has 0 atom stereocenters. The van der Waals surface area contributed by atoms with Gasteiger partial charge in [0.05, 0.1) is 66.8 Å². The van der Waals surface area contributed by atoms with Gasteiger partial charge in [0, 0.05) is 22.3 Å². The summed E-state index contributed by atoms with van der Waals surface area (Å²) in [7, 11) is 0. The lowest BCUT2D eigenvalue weighted by Gasteiger charge is -2.13. The van der Waals surface area contributed by atoms with Gasteiger partial charge in [0.2, 0.25) is 23.3 Å². The predicted octanol–water partition coefficient (Wildman–Crippen LogP) is 16.0. The van der Waals surface area contributed by atoms with Gasteiger partial charge in [0.15, 0.2) is 93.1 Å². The standard InChI is InChI=1S/2C38H16F10O6/c2*39-27-23(28(40)32(44)35(47)31(27)43)15-53-37(51)21-14-20(12-10-18-6-2-4-8-26(18)50)22(13-19(21)11-9-17-5-1-3-7-25(17)49)38(52)54-16-24-29(41)33(45)36(48)34(46)30(24)42/h2*1-8,13-14,49-50H,15-16H2. The van der Waals surface area contributed by atoms with Crippen molar-refractivity contribution in [3.63, 3.8) is 0 Å². The van der Waals surface area contributed by atoms with Gasteiger partial charge in [-0.15, -0.1) is 0 Å². The molecular formula is C76H32F20O12. The van der Waals surface area contributed by atoms with E-state index in [9.17, 15) is 127 Å². The van der Waals surface area contributed by atoms with Crippen LogP contribution in [0, 0.1) is 164 Å². The first kappa shape index (κ1) is 78.3. The van der Waals surface area contributed by atoms with Crippen molar-refractivity contribution < 1.29 is 146 Å². The van der Waals surface area contributed by atoms with Gasteiger partial charge in [-0.2, -0.15) is 0 Å². The number of halogens is 20. The maximum absolute atomic E-state index is 14.3. The van der Waals surface area contributed by atoms with Crippen LogP contribution in [-0.4, -0.2) is 44.3 Å². The van der Waals surface area contributed by atoms with Gasteiger partial charge in [0.25, 0.3) is 0 Å². The van der Waals surface area contributed by atoms with Crippen LogP contribution in [0.4, 0.5) is 87.8 Å². The zero-order valence-corrected chi connectivity index (χ0v) is 53.0. The third-order valence-electron chi connectivity index (χ3n) is 14.7. The minimum absolute atomic E-state index is 0.0583. The van der Waals surface area contributed by atoms with E-state index in [1.807, 2.05) is 0 Å². The second-order valence-corrected chi connectivity index (χ2v) is 21.5. The molecule has 0 fully saturated rings. The molecule has 10 aromatic rings. The highest BCUT2D eigenvalue weighted by atomic mass is 19.2. The van der Waals surface area contributed by atoms with Crippen molar-refractivity contribution in [1.29, 1.82) is 0 Å². The molecule has 12 nitrogen and oxygen atoms in total. The number of rotatable bonds is 12. The minimum atomic E-state index is -2.47. The zero-order chi connectivity index (χ0) is 78.9. The van der Waals surface area contributed by atoms with E-state index in [1.54, 1.807) is 0 Å². The number of carbonyl (C=O) groups is 4. The summed E-state index contributed by atoms with van der Waals surface area (Å²) >= 11 is 0. The first-order valence-electron chi connectivity index (χ1n) is 29.5. The summed E-state index contributed by atoms with van der Waals surface area (Å²) in [5, 5.41) is 40.6. The Morgan fingerprint density at radius 1 is 0.222 bits per heavy atom. The fourth-order valence-corrected chi connectivity index (χ4v) is 9.11. The normalized spacial score (nSPS) is 10.6. The molecule has 0 aromatic heterocycles. The van der Waals surface area contributed by atoms with E-state index >= 15 is 0 Å². The molecular weight excluding hydrogens is 1480 g/mol. The van der Waals surface area contributed by atoms with Crippen LogP contribution in [-0.2, 0) is 45.4 Å². The molecule has 108 heavy (non-hydrogen) atoms. The first-order valence-corrected chi connectivity index (χ1v) is 29.5. The Bertz CT molecular complexity index is 4870. The molecule has 32 heteroatoms. The Labute approximate surface area is 591 Å². The monoisotopic (exact) mass is 1520 g/mol. The summed E-state index contributed by atoms with van der Waals surface area (Å²) in [6.45, 7) is -6.10. The third-order valence-corrected chi connectivity index (χ3v) is 14.7. The van der Waals surface area contributed by atoms with E-state index in [1.165, 1.54) is 97.1 Å². The molecule has 0 unspecified atom stereocenters. The molecule has 10 aromatic carbocycles. The van der Waals surface area contributed by atoms with Crippen LogP contribution in [0.3, 0.4) is 0 Å². The van der Waals surface area contributed by atoms with E-state index in [0.29, 0.717) is 0 Å². The predicted molar refractivity (Wildman–Crippen MR) is 331 cm³/mol. The van der Waals surface area contributed by atoms with Crippen molar-refractivity contribution >= 4 is 23.9 Å². The zero-order valence-electron chi connectivity index (χ0n) is 53.0. The van der Waals surface area contributed by atoms with Gasteiger partial charge in [-0.3, -0.25) is 0 Å². The molecule has 0 aliphatic carbocycles. The number of phenolic OH excluding ortho intramolecular Hbond substituents is 4. The van der Waals surface area contributed by atoms with E-state index < -0.39 is 233 Å². The highest BCUT2D eigenvalue weighted by Gasteiger charge is 2.33. The lowest BCUT2D eigenvalue weighted by molar-refractivity contribution is 0.0447. The fraction of sp³-hybridized carbons (Fsp3) is 0.0526. The lowest BCUT2D eigenvalue weighted by atomic mass is 9.97. The Kier molecular flexibility index (Phi) is 24.1. The third kappa shape index (κ3) is 16.7. The molecule has 0 amide bonds. The Morgan fingerprint density at radius 3 is 0.519 bits per heavy atom. The van der Waals surface area contributed by atoms with Gasteiger partial charge in [0.1, 0.15) is 49.4 Å². The van der Waals surface area contributed by atoms with Crippen LogP contribution in [0.15, 0.2) is 121 Å². The van der Waals surface area contributed by atoms with Crippen molar-refractivity contribution in [2.75, 3.05) is 0 Å². The van der Waals surface area contributed by atoms with Crippen molar-refractivity contribution in [2.45, 2.75) is 26.4 Å². The van der Waals surface area contributed by atoms with Gasteiger partial charge in [-0.1, -0.05) is 95.9 Å². The molecule has 0 bridgehead atoms. The Balaban J connectivity index is 0.000000249. The molecule has 0 saturated heterocycles. The van der Waals surface area contributed by atoms with Crippen molar-refractivity contribution in [2.24, 2.45) is 0 Å². The van der Waals surface area contributed by atoms with Gasteiger partial charge in [-0.25, -0.2) is 107 Å². The van der Waals surface area contributed by atoms with Crippen LogP contribution in [0.25, 0.3) is 0 Å². The van der Waals surface area contributed by atoms with E-state index in [2.05, 4.69) is 47.4 Å². The molecule has 10 rings (SSSR count). The molecule has 0 radical (unpaired) electrons. The van der Waals surface area contributed by atoms with Crippen LogP contribution in [0.5, 0.6) is 23.0 Å². The number of hydrogen-bond donors (Lipinski definition) is 4. The maximum Gasteiger partial charge on any atom is 0.339 e. The number of esters is 4. The topological polar surface area (TPSA) is 186 Å². The van der Waals surface area contributed by atoms with Gasteiger partial charge >= 0.3 is 23.9 Å². The molecule has 548 valence electrons. The number of benzene rings is 10. The van der Waals surface area contributed by atoms with Crippen LogP contribution >= 0.6 is 0 Å². The summed E-state index contributed by atoms with van der Waals surface area (Å²) < 4.78 is 299. The number of phenols is 4. The van der Waals surface area contributed by atoms with E-state index in [4.69, 9.17) is 18.9 Å². The number of hydrogen-bond acceptors (Lipinski definition) is 12. The highest BCUT2D eigenvalue weighted by molar-refractivity contribution is 6.00. The maximum atomic E-state index is 14.3. The molecule has 0 aliphatic rings. The summed E-state index contributed by atoms with van der Waals surface area (Å²) in [4.78, 5) is 53.5. The summed E-state index contributed by atoms with van der Waals surface area (Å²) in [6.07, 6.45) is 0. The SMILES string of the molecule is O=C(OCc1c(F)c(F)c(F)c(F)c1F)c1cc(C#Cc2ccccc2O)c(C(=O)OCc2c(F)c(F)c(F)c(F)c2F)cc1C#Cc1ccccc1O.O=C(OCc1c(F)c(F)c(F)c(F)c1F)c1cc(C#Cc2ccccc2O)c(C(=O)OCc2c(F)c(F)c(F)c(F)c2F)cc1C#Cc1ccccc1O. The Hall–Kier alpha value is -13.9. The Morgan fingerprint density at radius 2 is 0.361 bits per heavy atom. The molecule has 0 heterocycles. The summed E-state index contributed by atoms with van der Waals surface area (Å²) in [6, 6.07) is 24.8. The second-order valence-electron chi connectivity index (χ2n) is 21.5. The van der Waals surface area contributed by atoms with Crippen molar-refractivity contribution in [1.82, 2.24) is 0 Å². The quantitative estimate of drug-likeness (QED) is 0.0227. The summed E-state index contributed by atoms with van der Waals surface area (Å²) in [5.74, 6) is -35.0. The molecule has 0 saturated carbocycles. The van der Waals surface area contributed by atoms with Crippen LogP contribution < -0.4 is 0 Å². The van der Waals surface area contributed by atoms with Gasteiger partial charge in [-0.05, 0) is 72.8 Å². The minimum Gasteiger partial charge on any atom is -0.507 e. The van der Waals surface area contributed by atoms with Crippen LogP contribution in [0.2, 0.25) is 0 Å². The van der Waals surface area contributed by atoms with Gasteiger partial charge < -0.3 is 39.4 Å².